The van der Waals surface area contributed by atoms with Gasteiger partial charge in [-0.15, -0.1) is 0 Å². The molecule has 0 saturated heterocycles. The van der Waals surface area contributed by atoms with E-state index in [4.69, 9.17) is 34.8 Å². The summed E-state index contributed by atoms with van der Waals surface area (Å²) in [7, 11) is -4.21. The van der Waals surface area contributed by atoms with Gasteiger partial charge in [-0.05, 0) is 76.1 Å². The summed E-state index contributed by atoms with van der Waals surface area (Å²) in [6.07, 6.45) is 0.694. The SMILES string of the molecule is CC[C@@H](C)NC(=O)[C@H](C)N(Cc1c(Cl)cccc1Cl)C(=O)CN(c1ccc(C)c(Cl)c1)S(=O)(=O)c1ccc(C)cc1. The van der Waals surface area contributed by atoms with E-state index in [-0.39, 0.29) is 29.1 Å². The molecule has 3 aromatic carbocycles. The molecule has 0 radical (unpaired) electrons. The van der Waals surface area contributed by atoms with Gasteiger partial charge in [0.25, 0.3) is 10.0 Å². The van der Waals surface area contributed by atoms with Crippen LogP contribution in [0.1, 0.15) is 43.9 Å². The number of nitrogens with one attached hydrogen (secondary N) is 1. The minimum Gasteiger partial charge on any atom is -0.352 e. The van der Waals surface area contributed by atoms with Crippen molar-refractivity contribution < 1.29 is 18.0 Å². The van der Waals surface area contributed by atoms with Crippen LogP contribution in [0.4, 0.5) is 5.69 Å². The number of hydrogen-bond donors (Lipinski definition) is 1. The molecule has 0 aliphatic heterocycles. The van der Waals surface area contributed by atoms with Gasteiger partial charge < -0.3 is 10.2 Å². The van der Waals surface area contributed by atoms with Crippen LogP contribution in [0.2, 0.25) is 15.1 Å². The Morgan fingerprint density at radius 1 is 0.902 bits per heavy atom. The molecular weight excluding hydrogens is 605 g/mol. The predicted octanol–water partition coefficient (Wildman–Crippen LogP) is 6.79. The summed E-state index contributed by atoms with van der Waals surface area (Å²) < 4.78 is 28.9. The molecule has 7 nitrogen and oxygen atoms in total. The van der Waals surface area contributed by atoms with Crippen molar-refractivity contribution in [2.45, 2.75) is 64.6 Å². The first-order valence-corrected chi connectivity index (χ1v) is 15.7. The van der Waals surface area contributed by atoms with Crippen molar-refractivity contribution in [2.24, 2.45) is 0 Å². The van der Waals surface area contributed by atoms with Crippen LogP contribution in [0.5, 0.6) is 0 Å². The summed E-state index contributed by atoms with van der Waals surface area (Å²) in [6, 6.07) is 15.0. The van der Waals surface area contributed by atoms with Crippen LogP contribution in [0, 0.1) is 13.8 Å². The van der Waals surface area contributed by atoms with Crippen LogP contribution in [0.25, 0.3) is 0 Å². The van der Waals surface area contributed by atoms with Gasteiger partial charge in [-0.1, -0.05) is 71.6 Å². The highest BCUT2D eigenvalue weighted by molar-refractivity contribution is 7.92. The van der Waals surface area contributed by atoms with E-state index in [1.54, 1.807) is 56.3 Å². The van der Waals surface area contributed by atoms with Crippen molar-refractivity contribution in [3.05, 3.63) is 92.4 Å². The van der Waals surface area contributed by atoms with Crippen molar-refractivity contribution in [1.82, 2.24) is 10.2 Å². The summed E-state index contributed by atoms with van der Waals surface area (Å²) >= 11 is 19.2. The molecule has 0 heterocycles. The molecule has 11 heteroatoms. The van der Waals surface area contributed by atoms with Gasteiger partial charge in [0.15, 0.2) is 0 Å². The molecule has 0 unspecified atom stereocenters. The van der Waals surface area contributed by atoms with Crippen molar-refractivity contribution >= 4 is 62.3 Å². The summed E-state index contributed by atoms with van der Waals surface area (Å²) in [5.41, 5.74) is 2.29. The number of hydrogen-bond acceptors (Lipinski definition) is 4. The number of benzene rings is 3. The minimum absolute atomic E-state index is 0.0101. The summed E-state index contributed by atoms with van der Waals surface area (Å²) in [5.74, 6) is -1.01. The van der Waals surface area contributed by atoms with Gasteiger partial charge in [0.1, 0.15) is 12.6 Å². The lowest BCUT2D eigenvalue weighted by Crippen LogP contribution is -2.52. The predicted molar refractivity (Wildman–Crippen MR) is 166 cm³/mol. The highest BCUT2D eigenvalue weighted by Crippen LogP contribution is 2.30. The molecule has 0 aliphatic rings. The number of aryl methyl sites for hydroxylation is 2. The lowest BCUT2D eigenvalue weighted by molar-refractivity contribution is -0.139. The third-order valence-corrected chi connectivity index (χ3v) is 9.79. The second-order valence-electron chi connectivity index (χ2n) is 9.97. The van der Waals surface area contributed by atoms with E-state index < -0.39 is 28.5 Å². The smallest absolute Gasteiger partial charge is 0.264 e. The second-order valence-corrected chi connectivity index (χ2v) is 13.1. The van der Waals surface area contributed by atoms with Crippen LogP contribution in [-0.2, 0) is 26.2 Å². The Kier molecular flexibility index (Phi) is 11.1. The Morgan fingerprint density at radius 2 is 1.51 bits per heavy atom. The lowest BCUT2D eigenvalue weighted by atomic mass is 10.1. The fraction of sp³-hybridized carbons (Fsp3) is 0.333. The van der Waals surface area contributed by atoms with Crippen molar-refractivity contribution in [1.29, 1.82) is 0 Å². The molecule has 41 heavy (non-hydrogen) atoms. The molecule has 0 bridgehead atoms. The molecule has 0 aromatic heterocycles. The molecule has 1 N–H and O–H groups in total. The van der Waals surface area contributed by atoms with Crippen molar-refractivity contribution in [2.75, 3.05) is 10.8 Å². The van der Waals surface area contributed by atoms with Gasteiger partial charge in [0.05, 0.1) is 10.6 Å². The summed E-state index contributed by atoms with van der Waals surface area (Å²) in [6.45, 7) is 8.31. The van der Waals surface area contributed by atoms with Crippen molar-refractivity contribution in [3.63, 3.8) is 0 Å². The average molecular weight is 639 g/mol. The maximum Gasteiger partial charge on any atom is 0.264 e. The Morgan fingerprint density at radius 3 is 2.07 bits per heavy atom. The number of rotatable bonds is 11. The zero-order valence-electron chi connectivity index (χ0n) is 23.6. The quantitative estimate of drug-likeness (QED) is 0.251. The van der Waals surface area contributed by atoms with E-state index in [1.165, 1.54) is 23.1 Å². The minimum atomic E-state index is -4.21. The lowest BCUT2D eigenvalue weighted by Gasteiger charge is -2.33. The highest BCUT2D eigenvalue weighted by atomic mass is 35.5. The third-order valence-electron chi connectivity index (χ3n) is 6.89. The Balaban J connectivity index is 2.09. The maximum atomic E-state index is 14.1. The van der Waals surface area contributed by atoms with Crippen LogP contribution in [0.15, 0.2) is 65.6 Å². The number of anilines is 1. The topological polar surface area (TPSA) is 86.8 Å². The monoisotopic (exact) mass is 637 g/mol. The zero-order valence-corrected chi connectivity index (χ0v) is 26.7. The summed E-state index contributed by atoms with van der Waals surface area (Å²) in [5, 5.41) is 3.88. The number of halogens is 3. The van der Waals surface area contributed by atoms with E-state index >= 15 is 0 Å². The molecule has 0 fully saturated rings. The first-order valence-electron chi connectivity index (χ1n) is 13.1. The second kappa shape index (κ2) is 13.9. The molecular formula is C30H34Cl3N3O4S. The Hall–Kier alpha value is -2.78. The highest BCUT2D eigenvalue weighted by Gasteiger charge is 2.33. The number of nitrogens with zero attached hydrogens (tertiary/aromatic N) is 2. The largest absolute Gasteiger partial charge is 0.352 e. The zero-order chi connectivity index (χ0) is 30.5. The third kappa shape index (κ3) is 7.95. The molecule has 2 atom stereocenters. The number of sulfonamides is 1. The van der Waals surface area contributed by atoms with Crippen molar-refractivity contribution in [3.8, 4) is 0 Å². The molecule has 3 aromatic rings. The summed E-state index contributed by atoms with van der Waals surface area (Å²) in [4.78, 5) is 28.5. The molecule has 2 amide bonds. The van der Waals surface area contributed by atoms with Gasteiger partial charge in [0, 0.05) is 33.2 Å². The fourth-order valence-corrected chi connectivity index (χ4v) is 6.10. The number of amides is 2. The Labute approximate surface area is 257 Å². The molecule has 220 valence electrons. The molecule has 3 rings (SSSR count). The van der Waals surface area contributed by atoms with Crippen LogP contribution >= 0.6 is 34.8 Å². The van der Waals surface area contributed by atoms with E-state index in [1.807, 2.05) is 20.8 Å². The van der Waals surface area contributed by atoms with Gasteiger partial charge >= 0.3 is 0 Å². The molecule has 0 aliphatic carbocycles. The van der Waals surface area contributed by atoms with Gasteiger partial charge in [-0.25, -0.2) is 8.42 Å². The van der Waals surface area contributed by atoms with Gasteiger partial charge in [-0.2, -0.15) is 0 Å². The van der Waals surface area contributed by atoms with Crippen LogP contribution in [0.3, 0.4) is 0 Å². The van der Waals surface area contributed by atoms with Crippen LogP contribution < -0.4 is 9.62 Å². The number of carbonyl (C=O) groups excluding carboxylic acids is 2. The van der Waals surface area contributed by atoms with E-state index in [2.05, 4.69) is 5.32 Å². The molecule has 0 spiro atoms. The fourth-order valence-electron chi connectivity index (χ4n) is 4.00. The maximum absolute atomic E-state index is 14.1. The van der Waals surface area contributed by atoms with E-state index in [9.17, 15) is 18.0 Å². The number of carbonyl (C=O) groups is 2. The first kappa shape index (κ1) is 32.7. The average Bonchev–Trinajstić information content (AvgIpc) is 2.92. The van der Waals surface area contributed by atoms with Crippen LogP contribution in [-0.4, -0.2) is 43.8 Å². The Bertz CT molecular complexity index is 1490. The normalized spacial score (nSPS) is 12.9. The standard InChI is InChI=1S/C30H34Cl3N3O4S/c1-6-21(4)34-30(38)22(5)35(17-25-26(31)8-7-9-27(25)32)29(37)18-36(23-13-12-20(3)28(33)16-23)41(39,40)24-14-10-19(2)11-15-24/h7-16,21-22H,6,17-18H2,1-5H3,(H,34,38)/t21-,22+/m1/s1. The molecule has 0 saturated carbocycles. The van der Waals surface area contributed by atoms with Gasteiger partial charge in [0.2, 0.25) is 11.8 Å². The van der Waals surface area contributed by atoms with Gasteiger partial charge in [-0.3, -0.25) is 13.9 Å². The van der Waals surface area contributed by atoms with E-state index in [0.717, 1.165) is 15.4 Å². The van der Waals surface area contributed by atoms with E-state index in [0.29, 0.717) is 27.1 Å². The first-order chi connectivity index (χ1) is 19.3.